The lowest BCUT2D eigenvalue weighted by Crippen LogP contribution is -2.22. The molecule has 4 aromatic rings. The first-order valence-electron chi connectivity index (χ1n) is 8.93. The number of benzene rings is 1. The molecule has 3 aromatic heterocycles. The molecule has 3 heterocycles. The number of amides is 1. The van der Waals surface area contributed by atoms with Gasteiger partial charge in [-0.15, -0.1) is 11.3 Å². The number of thiophene rings is 1. The molecule has 0 bridgehead atoms. The van der Waals surface area contributed by atoms with Crippen molar-refractivity contribution in [2.24, 2.45) is 0 Å². The number of halogens is 3. The van der Waals surface area contributed by atoms with E-state index in [1.54, 1.807) is 0 Å². The normalized spacial score (nSPS) is 11.6. The Labute approximate surface area is 177 Å². The fraction of sp³-hybridized carbons (Fsp3) is 0.211. The lowest BCUT2D eigenvalue weighted by Gasteiger charge is -2.14. The molecule has 0 radical (unpaired) electrons. The molecule has 31 heavy (non-hydrogen) atoms. The van der Waals surface area contributed by atoms with Crippen molar-refractivity contribution in [3.63, 3.8) is 0 Å². The van der Waals surface area contributed by atoms with Gasteiger partial charge < -0.3 is 10.1 Å². The lowest BCUT2D eigenvalue weighted by molar-refractivity contribution is -0.137. The van der Waals surface area contributed by atoms with E-state index in [0.717, 1.165) is 27.4 Å². The summed E-state index contributed by atoms with van der Waals surface area (Å²) in [6.07, 6.45) is -0.690. The van der Waals surface area contributed by atoms with Gasteiger partial charge >= 0.3 is 6.18 Å². The number of hydrogen-bond acceptors (Lipinski definition) is 7. The first kappa shape index (κ1) is 20.7. The number of fused-ring (bicyclic) bond motifs is 1. The van der Waals surface area contributed by atoms with Crippen molar-refractivity contribution in [1.82, 2.24) is 24.7 Å². The van der Waals surface area contributed by atoms with Gasteiger partial charge in [0.25, 0.3) is 5.91 Å². The van der Waals surface area contributed by atoms with Gasteiger partial charge in [0.15, 0.2) is 6.61 Å². The first-order valence-corrected chi connectivity index (χ1v) is 9.75. The fourth-order valence-electron chi connectivity index (χ4n) is 2.92. The number of ether oxygens (including phenoxy) is 1. The monoisotopic (exact) mass is 448 g/mol. The Hall–Kier alpha value is -3.54. The molecule has 0 atom stereocenters. The van der Waals surface area contributed by atoms with Gasteiger partial charge in [0, 0.05) is 4.88 Å². The van der Waals surface area contributed by atoms with E-state index < -0.39 is 24.3 Å². The van der Waals surface area contributed by atoms with Gasteiger partial charge in [-0.3, -0.25) is 4.79 Å². The number of rotatable bonds is 5. The Morgan fingerprint density at radius 2 is 2.03 bits per heavy atom. The van der Waals surface area contributed by atoms with Crippen LogP contribution in [-0.4, -0.2) is 37.2 Å². The third-order valence-corrected chi connectivity index (χ3v) is 5.65. The van der Waals surface area contributed by atoms with Gasteiger partial charge in [0.1, 0.15) is 23.8 Å². The summed E-state index contributed by atoms with van der Waals surface area (Å²) in [5.74, 6) is -0.417. The molecule has 1 amide bonds. The number of carbonyl (C=O) groups is 1. The van der Waals surface area contributed by atoms with Crippen LogP contribution >= 0.6 is 11.3 Å². The van der Waals surface area contributed by atoms with E-state index in [1.807, 2.05) is 13.8 Å². The van der Waals surface area contributed by atoms with Crippen LogP contribution < -0.4 is 10.1 Å². The van der Waals surface area contributed by atoms with E-state index in [4.69, 9.17) is 4.74 Å². The van der Waals surface area contributed by atoms with E-state index in [1.165, 1.54) is 41.1 Å². The van der Waals surface area contributed by atoms with Crippen LogP contribution in [0.1, 0.15) is 16.0 Å². The molecule has 0 saturated heterocycles. The van der Waals surface area contributed by atoms with E-state index in [2.05, 4.69) is 25.4 Å². The zero-order valence-electron chi connectivity index (χ0n) is 16.3. The molecule has 0 aliphatic carbocycles. The zero-order chi connectivity index (χ0) is 22.2. The highest BCUT2D eigenvalue weighted by molar-refractivity contribution is 7.18. The summed E-state index contributed by atoms with van der Waals surface area (Å²) in [4.78, 5) is 26.3. The van der Waals surface area contributed by atoms with Gasteiger partial charge in [0.05, 0.1) is 22.3 Å². The second-order valence-corrected chi connectivity index (χ2v) is 7.75. The molecule has 0 unspecified atom stereocenters. The van der Waals surface area contributed by atoms with E-state index in [-0.39, 0.29) is 17.3 Å². The number of carbonyl (C=O) groups excluding carboxylic acids is 1. The number of aryl methyl sites for hydroxylation is 2. The summed E-state index contributed by atoms with van der Waals surface area (Å²) in [6, 6.07) is 2.95. The standard InChI is InChI=1S/C19H15F3N6O2S/c1-10-11(2)31-18-16(10)17(24-8-25-18)30-6-15(29)27-13-5-12(19(20,21)22)3-4-14(13)28-9-23-7-26-28/h3-5,7-9H,6H2,1-2H3,(H,27,29). The Morgan fingerprint density at radius 3 is 2.74 bits per heavy atom. The number of anilines is 1. The summed E-state index contributed by atoms with van der Waals surface area (Å²) in [6.45, 7) is 3.39. The highest BCUT2D eigenvalue weighted by Gasteiger charge is 2.31. The topological polar surface area (TPSA) is 94.8 Å². The largest absolute Gasteiger partial charge is 0.467 e. The summed E-state index contributed by atoms with van der Waals surface area (Å²) < 4.78 is 46.3. The Kier molecular flexibility index (Phi) is 5.31. The van der Waals surface area contributed by atoms with E-state index >= 15 is 0 Å². The van der Waals surface area contributed by atoms with Crippen molar-refractivity contribution in [2.45, 2.75) is 20.0 Å². The zero-order valence-corrected chi connectivity index (χ0v) is 17.1. The summed E-state index contributed by atoms with van der Waals surface area (Å²) in [5, 5.41) is 7.08. The summed E-state index contributed by atoms with van der Waals surface area (Å²) in [5.41, 5.74) is 0.189. The summed E-state index contributed by atoms with van der Waals surface area (Å²) >= 11 is 1.48. The lowest BCUT2D eigenvalue weighted by atomic mass is 10.1. The number of nitrogens with zero attached hydrogens (tertiary/aromatic N) is 5. The molecule has 1 N–H and O–H groups in total. The molecule has 8 nitrogen and oxygen atoms in total. The predicted octanol–water partition coefficient (Wildman–Crippen LogP) is 3.93. The van der Waals surface area contributed by atoms with Crippen LogP contribution in [0.5, 0.6) is 5.88 Å². The Bertz CT molecular complexity index is 1250. The highest BCUT2D eigenvalue weighted by atomic mass is 32.1. The van der Waals surface area contributed by atoms with Crippen molar-refractivity contribution in [3.8, 4) is 11.6 Å². The number of alkyl halides is 3. The van der Waals surface area contributed by atoms with Gasteiger partial charge in [-0.05, 0) is 37.6 Å². The predicted molar refractivity (Wildman–Crippen MR) is 107 cm³/mol. The van der Waals surface area contributed by atoms with Gasteiger partial charge in [0.2, 0.25) is 5.88 Å². The van der Waals surface area contributed by atoms with Crippen LogP contribution in [0.2, 0.25) is 0 Å². The maximum atomic E-state index is 13.2. The quantitative estimate of drug-likeness (QED) is 0.497. The molecule has 0 aliphatic heterocycles. The van der Waals surface area contributed by atoms with Crippen LogP contribution in [-0.2, 0) is 11.0 Å². The van der Waals surface area contributed by atoms with Crippen LogP contribution in [0.4, 0.5) is 18.9 Å². The van der Waals surface area contributed by atoms with Gasteiger partial charge in [-0.25, -0.2) is 19.6 Å². The van der Waals surface area contributed by atoms with Gasteiger partial charge in [-0.2, -0.15) is 18.3 Å². The van der Waals surface area contributed by atoms with Crippen molar-refractivity contribution in [1.29, 1.82) is 0 Å². The third kappa shape index (κ3) is 4.19. The van der Waals surface area contributed by atoms with Gasteiger partial charge in [-0.1, -0.05) is 0 Å². The minimum Gasteiger partial charge on any atom is -0.467 e. The Morgan fingerprint density at radius 1 is 1.23 bits per heavy atom. The van der Waals surface area contributed by atoms with Crippen molar-refractivity contribution < 1.29 is 22.7 Å². The second kappa shape index (κ2) is 7.95. The Balaban J connectivity index is 1.57. The molecular weight excluding hydrogens is 433 g/mol. The van der Waals surface area contributed by atoms with E-state index in [9.17, 15) is 18.0 Å². The SMILES string of the molecule is Cc1sc2ncnc(OCC(=O)Nc3cc(C(F)(F)F)ccc3-n3cncn3)c2c1C. The number of nitrogens with one attached hydrogen (secondary N) is 1. The third-order valence-electron chi connectivity index (χ3n) is 4.53. The average Bonchev–Trinajstić information content (AvgIpc) is 3.35. The van der Waals surface area contributed by atoms with Crippen molar-refractivity contribution in [3.05, 3.63) is 53.2 Å². The average molecular weight is 448 g/mol. The number of hydrogen-bond donors (Lipinski definition) is 1. The molecule has 0 spiro atoms. The first-order chi connectivity index (χ1) is 14.7. The smallest absolute Gasteiger partial charge is 0.416 e. The highest BCUT2D eigenvalue weighted by Crippen LogP contribution is 2.34. The van der Waals surface area contributed by atoms with Crippen LogP contribution in [0.25, 0.3) is 15.9 Å². The van der Waals surface area contributed by atoms with Crippen LogP contribution in [0.3, 0.4) is 0 Å². The van der Waals surface area contributed by atoms with Crippen molar-refractivity contribution in [2.75, 3.05) is 11.9 Å². The van der Waals surface area contributed by atoms with Crippen LogP contribution in [0.15, 0.2) is 37.2 Å². The minimum atomic E-state index is -4.57. The maximum absolute atomic E-state index is 13.2. The molecule has 0 aliphatic rings. The molecule has 1 aromatic carbocycles. The molecule has 12 heteroatoms. The number of aromatic nitrogens is 5. The molecule has 4 rings (SSSR count). The molecular formula is C19H15F3N6O2S. The second-order valence-electron chi connectivity index (χ2n) is 6.55. The molecule has 0 fully saturated rings. The molecule has 160 valence electrons. The summed E-state index contributed by atoms with van der Waals surface area (Å²) in [7, 11) is 0. The van der Waals surface area contributed by atoms with Crippen molar-refractivity contribution >= 4 is 33.1 Å². The van der Waals surface area contributed by atoms with Crippen LogP contribution in [0, 0.1) is 13.8 Å². The minimum absolute atomic E-state index is 0.0793. The van der Waals surface area contributed by atoms with E-state index in [0.29, 0.717) is 5.39 Å². The maximum Gasteiger partial charge on any atom is 0.416 e. The molecule has 0 saturated carbocycles. The fourth-order valence-corrected chi connectivity index (χ4v) is 3.91.